The van der Waals surface area contributed by atoms with Gasteiger partial charge in [-0.25, -0.2) is 13.1 Å². The number of nitrogens with zero attached hydrogens (tertiary/aromatic N) is 3. The number of fused-ring (bicyclic) bond motifs is 1. The summed E-state index contributed by atoms with van der Waals surface area (Å²) in [6, 6.07) is 6.85. The van der Waals surface area contributed by atoms with E-state index in [4.69, 9.17) is 26.3 Å². The van der Waals surface area contributed by atoms with Crippen LogP contribution in [-0.4, -0.2) is 37.6 Å². The number of H-pyrrole nitrogens is 1. The molecule has 2 aromatic heterocycles. The molecular weight excluding hydrogens is 406 g/mol. The second-order valence-electron chi connectivity index (χ2n) is 5.65. The number of nitriles is 1. The summed E-state index contributed by atoms with van der Waals surface area (Å²) < 4.78 is 38.5. The van der Waals surface area contributed by atoms with Crippen LogP contribution in [0.5, 0.6) is 11.8 Å². The largest absolute Gasteiger partial charge is 0.481 e. The molecule has 0 amide bonds. The first-order valence-electron chi connectivity index (χ1n) is 8.05. The molecule has 0 unspecified atom stereocenters. The number of halogens is 1. The van der Waals surface area contributed by atoms with E-state index in [9.17, 15) is 8.42 Å². The Morgan fingerprint density at radius 2 is 1.93 bits per heavy atom. The highest BCUT2D eigenvalue weighted by Crippen LogP contribution is 2.30. The summed E-state index contributed by atoms with van der Waals surface area (Å²) in [6.45, 7) is 0. The van der Waals surface area contributed by atoms with E-state index in [-0.39, 0.29) is 29.0 Å². The maximum Gasteiger partial charge on any atom is 0.266 e. The second-order valence-corrected chi connectivity index (χ2v) is 7.74. The molecule has 11 heteroatoms. The standard InChI is InChI=1S/C17H16ClN5O4S/c1-26-15-12(4-3-7-19)16(27-2)22-17(21-15)23-28(24,25)14-9-20-13-8-10(18)5-6-11(13)14/h5-6,8-9,20H,3-4H2,1-2H3,(H,21,22,23). The first kappa shape index (κ1) is 19.7. The molecule has 0 radical (unpaired) electrons. The molecule has 0 spiro atoms. The zero-order chi connectivity index (χ0) is 20.3. The number of methoxy groups -OCH3 is 2. The minimum atomic E-state index is -4.00. The molecule has 3 rings (SSSR count). The van der Waals surface area contributed by atoms with Crippen LogP contribution in [0, 0.1) is 11.3 Å². The molecule has 0 bridgehead atoms. The molecule has 2 N–H and O–H groups in total. The molecule has 0 saturated heterocycles. The van der Waals surface area contributed by atoms with Gasteiger partial charge in [0.05, 0.1) is 25.9 Å². The van der Waals surface area contributed by atoms with Gasteiger partial charge in [-0.3, -0.25) is 0 Å². The SMILES string of the molecule is COc1nc(NS(=O)(=O)c2c[nH]c3cc(Cl)ccc23)nc(OC)c1CCC#N. The maximum atomic E-state index is 12.8. The van der Waals surface area contributed by atoms with Gasteiger partial charge < -0.3 is 14.5 Å². The Balaban J connectivity index is 2.00. The monoisotopic (exact) mass is 421 g/mol. The third-order valence-electron chi connectivity index (χ3n) is 3.93. The minimum Gasteiger partial charge on any atom is -0.481 e. The van der Waals surface area contributed by atoms with Crippen molar-refractivity contribution < 1.29 is 17.9 Å². The van der Waals surface area contributed by atoms with E-state index in [1.807, 2.05) is 6.07 Å². The predicted molar refractivity (Wildman–Crippen MR) is 103 cm³/mol. The lowest BCUT2D eigenvalue weighted by atomic mass is 10.2. The summed E-state index contributed by atoms with van der Waals surface area (Å²) >= 11 is 5.94. The summed E-state index contributed by atoms with van der Waals surface area (Å²) in [5, 5.41) is 9.75. The Morgan fingerprint density at radius 1 is 1.25 bits per heavy atom. The molecule has 0 saturated carbocycles. The van der Waals surface area contributed by atoms with Gasteiger partial charge >= 0.3 is 0 Å². The van der Waals surface area contributed by atoms with Crippen LogP contribution >= 0.6 is 11.6 Å². The zero-order valence-corrected chi connectivity index (χ0v) is 16.6. The van der Waals surface area contributed by atoms with Crippen LogP contribution in [0.3, 0.4) is 0 Å². The Bertz CT molecular complexity index is 1140. The Labute approximate surface area is 166 Å². The molecular formula is C17H16ClN5O4S. The molecule has 1 aromatic carbocycles. The highest BCUT2D eigenvalue weighted by Gasteiger charge is 2.23. The van der Waals surface area contributed by atoms with Crippen molar-refractivity contribution in [3.8, 4) is 17.8 Å². The third kappa shape index (κ3) is 3.81. The lowest BCUT2D eigenvalue weighted by molar-refractivity contribution is 0.364. The van der Waals surface area contributed by atoms with Gasteiger partial charge in [0.25, 0.3) is 10.0 Å². The van der Waals surface area contributed by atoms with Crippen LogP contribution < -0.4 is 14.2 Å². The molecule has 0 atom stereocenters. The maximum absolute atomic E-state index is 12.8. The third-order valence-corrected chi connectivity index (χ3v) is 5.53. The van der Waals surface area contributed by atoms with E-state index in [1.165, 1.54) is 20.4 Å². The van der Waals surface area contributed by atoms with Gasteiger partial charge in [0.1, 0.15) is 4.90 Å². The molecule has 0 fully saturated rings. The van der Waals surface area contributed by atoms with Crippen molar-refractivity contribution >= 4 is 38.5 Å². The second kappa shape index (κ2) is 7.92. The average molecular weight is 422 g/mol. The number of rotatable bonds is 7. The molecule has 9 nitrogen and oxygen atoms in total. The van der Waals surface area contributed by atoms with Crippen molar-refractivity contribution in [1.82, 2.24) is 15.0 Å². The molecule has 146 valence electrons. The number of nitrogens with one attached hydrogen (secondary N) is 2. The molecule has 0 aliphatic carbocycles. The van der Waals surface area contributed by atoms with Gasteiger partial charge in [0.15, 0.2) is 0 Å². The Kier molecular flexibility index (Phi) is 5.58. The first-order chi connectivity index (χ1) is 13.4. The van der Waals surface area contributed by atoms with E-state index < -0.39 is 10.0 Å². The normalized spacial score (nSPS) is 11.2. The van der Waals surface area contributed by atoms with Crippen LogP contribution in [0.4, 0.5) is 5.95 Å². The van der Waals surface area contributed by atoms with Crippen LogP contribution in [0.25, 0.3) is 10.9 Å². The summed E-state index contributed by atoms with van der Waals surface area (Å²) in [6.07, 6.45) is 1.87. The highest BCUT2D eigenvalue weighted by molar-refractivity contribution is 7.93. The Hall–Kier alpha value is -3.03. The fourth-order valence-electron chi connectivity index (χ4n) is 2.69. The Morgan fingerprint density at radius 3 is 2.54 bits per heavy atom. The summed E-state index contributed by atoms with van der Waals surface area (Å²) in [5.74, 6) is 0.0498. The van der Waals surface area contributed by atoms with E-state index in [1.54, 1.807) is 18.2 Å². The van der Waals surface area contributed by atoms with Crippen molar-refractivity contribution in [2.75, 3.05) is 18.9 Å². The smallest absolute Gasteiger partial charge is 0.266 e. The van der Waals surface area contributed by atoms with E-state index in [0.717, 1.165) is 0 Å². The van der Waals surface area contributed by atoms with Gasteiger partial charge in [0.2, 0.25) is 17.7 Å². The first-order valence-corrected chi connectivity index (χ1v) is 9.91. The van der Waals surface area contributed by atoms with E-state index >= 15 is 0 Å². The number of benzene rings is 1. The van der Waals surface area contributed by atoms with Gasteiger partial charge in [-0.05, 0) is 24.6 Å². The van der Waals surface area contributed by atoms with Crippen molar-refractivity contribution in [2.45, 2.75) is 17.7 Å². The summed E-state index contributed by atoms with van der Waals surface area (Å²) in [4.78, 5) is 11.1. The van der Waals surface area contributed by atoms with E-state index in [2.05, 4.69) is 19.7 Å². The van der Waals surface area contributed by atoms with Crippen molar-refractivity contribution in [3.63, 3.8) is 0 Å². The van der Waals surface area contributed by atoms with Crippen molar-refractivity contribution in [2.24, 2.45) is 0 Å². The summed E-state index contributed by atoms with van der Waals surface area (Å²) in [5.41, 5.74) is 1.06. The van der Waals surface area contributed by atoms with Crippen LogP contribution in [-0.2, 0) is 16.4 Å². The number of aromatic amines is 1. The van der Waals surface area contributed by atoms with Crippen LogP contribution in [0.15, 0.2) is 29.3 Å². The quantitative estimate of drug-likeness (QED) is 0.599. The number of hydrogen-bond donors (Lipinski definition) is 2. The van der Waals surface area contributed by atoms with Crippen molar-refractivity contribution in [1.29, 1.82) is 5.26 Å². The topological polar surface area (TPSA) is 130 Å². The zero-order valence-electron chi connectivity index (χ0n) is 15.0. The molecule has 2 heterocycles. The number of hydrogen-bond acceptors (Lipinski definition) is 7. The minimum absolute atomic E-state index is 0.0225. The predicted octanol–water partition coefficient (Wildman–Crippen LogP) is 2.89. The number of aromatic nitrogens is 3. The van der Waals surface area contributed by atoms with Gasteiger partial charge in [-0.15, -0.1) is 0 Å². The van der Waals surface area contributed by atoms with Crippen LogP contribution in [0.1, 0.15) is 12.0 Å². The van der Waals surface area contributed by atoms with Gasteiger partial charge in [0, 0.05) is 28.5 Å². The molecule has 28 heavy (non-hydrogen) atoms. The lowest BCUT2D eigenvalue weighted by Crippen LogP contribution is -2.16. The molecule has 0 aliphatic heterocycles. The van der Waals surface area contributed by atoms with E-state index in [0.29, 0.717) is 27.9 Å². The number of ether oxygens (including phenoxy) is 2. The lowest BCUT2D eigenvalue weighted by Gasteiger charge is -2.13. The fraction of sp³-hybridized carbons (Fsp3) is 0.235. The molecule has 3 aromatic rings. The van der Waals surface area contributed by atoms with Crippen LogP contribution in [0.2, 0.25) is 5.02 Å². The van der Waals surface area contributed by atoms with Gasteiger partial charge in [-0.2, -0.15) is 15.2 Å². The number of anilines is 1. The summed E-state index contributed by atoms with van der Waals surface area (Å²) in [7, 11) is -1.23. The average Bonchev–Trinajstić information content (AvgIpc) is 3.09. The fourth-order valence-corrected chi connectivity index (χ4v) is 3.99. The highest BCUT2D eigenvalue weighted by atomic mass is 35.5. The molecule has 0 aliphatic rings. The van der Waals surface area contributed by atoms with Gasteiger partial charge in [-0.1, -0.05) is 11.6 Å². The number of sulfonamides is 1. The van der Waals surface area contributed by atoms with Crippen molar-refractivity contribution in [3.05, 3.63) is 35.0 Å².